The summed E-state index contributed by atoms with van der Waals surface area (Å²) in [7, 11) is 0. The van der Waals surface area contributed by atoms with Crippen LogP contribution >= 0.6 is 0 Å². The molecule has 0 aromatic carbocycles. The standard InChI is InChI=1S/C14H24N2O2/c1-11(2)6-9-16-12(17)10-15-13(18)14(16)7-4-3-5-8-14/h11H,3-10H2,1-2H3,(H,15,18). The van der Waals surface area contributed by atoms with Crippen molar-refractivity contribution in [3.8, 4) is 0 Å². The van der Waals surface area contributed by atoms with Crippen molar-refractivity contribution in [3.63, 3.8) is 0 Å². The van der Waals surface area contributed by atoms with Crippen molar-refractivity contribution in [2.45, 2.75) is 57.9 Å². The fourth-order valence-electron chi connectivity index (χ4n) is 3.14. The van der Waals surface area contributed by atoms with Gasteiger partial charge in [0.1, 0.15) is 5.54 Å². The number of carbonyl (C=O) groups excluding carboxylic acids is 2. The first-order valence-electron chi connectivity index (χ1n) is 7.15. The van der Waals surface area contributed by atoms with Crippen LogP contribution in [-0.2, 0) is 9.59 Å². The summed E-state index contributed by atoms with van der Waals surface area (Å²) in [5.41, 5.74) is -0.525. The number of hydrogen-bond donors (Lipinski definition) is 1. The number of hydrogen-bond acceptors (Lipinski definition) is 2. The van der Waals surface area contributed by atoms with Gasteiger partial charge in [0, 0.05) is 6.54 Å². The van der Waals surface area contributed by atoms with Crippen LogP contribution in [0.1, 0.15) is 52.4 Å². The molecule has 1 spiro atoms. The summed E-state index contributed by atoms with van der Waals surface area (Å²) in [6, 6.07) is 0. The lowest BCUT2D eigenvalue weighted by Crippen LogP contribution is -2.67. The molecule has 1 saturated carbocycles. The Kier molecular flexibility index (Phi) is 3.93. The average molecular weight is 252 g/mol. The van der Waals surface area contributed by atoms with E-state index < -0.39 is 5.54 Å². The molecule has 1 N–H and O–H groups in total. The molecule has 0 unspecified atom stereocenters. The zero-order valence-electron chi connectivity index (χ0n) is 11.5. The molecule has 1 aliphatic heterocycles. The van der Waals surface area contributed by atoms with Crippen molar-refractivity contribution in [2.75, 3.05) is 13.1 Å². The molecule has 1 saturated heterocycles. The number of carbonyl (C=O) groups is 2. The second-order valence-corrected chi connectivity index (χ2v) is 6.00. The molecule has 0 aromatic rings. The molecule has 4 heteroatoms. The van der Waals surface area contributed by atoms with Gasteiger partial charge in [0.05, 0.1) is 6.54 Å². The van der Waals surface area contributed by atoms with Gasteiger partial charge in [-0.15, -0.1) is 0 Å². The van der Waals surface area contributed by atoms with Crippen molar-refractivity contribution in [3.05, 3.63) is 0 Å². The van der Waals surface area contributed by atoms with Gasteiger partial charge in [-0.1, -0.05) is 33.1 Å². The Bertz CT molecular complexity index is 333. The lowest BCUT2D eigenvalue weighted by atomic mass is 9.78. The van der Waals surface area contributed by atoms with Gasteiger partial charge < -0.3 is 10.2 Å². The Morgan fingerprint density at radius 2 is 1.89 bits per heavy atom. The summed E-state index contributed by atoms with van der Waals surface area (Å²) in [6.45, 7) is 5.21. The first-order valence-corrected chi connectivity index (χ1v) is 7.15. The van der Waals surface area contributed by atoms with Crippen molar-refractivity contribution in [2.24, 2.45) is 5.92 Å². The summed E-state index contributed by atoms with van der Waals surface area (Å²) in [4.78, 5) is 26.3. The molecule has 2 aliphatic rings. The average Bonchev–Trinajstić information content (AvgIpc) is 2.35. The predicted octanol–water partition coefficient (Wildman–Crippen LogP) is 1.69. The maximum absolute atomic E-state index is 12.3. The fourth-order valence-corrected chi connectivity index (χ4v) is 3.14. The largest absolute Gasteiger partial charge is 0.345 e. The first-order chi connectivity index (χ1) is 8.56. The molecule has 0 aromatic heterocycles. The summed E-state index contributed by atoms with van der Waals surface area (Å²) < 4.78 is 0. The second-order valence-electron chi connectivity index (χ2n) is 6.00. The highest BCUT2D eigenvalue weighted by Gasteiger charge is 2.49. The van der Waals surface area contributed by atoms with Crippen LogP contribution in [0.3, 0.4) is 0 Å². The van der Waals surface area contributed by atoms with Gasteiger partial charge in [0.2, 0.25) is 11.8 Å². The molecule has 1 aliphatic carbocycles. The number of nitrogens with one attached hydrogen (secondary N) is 1. The van der Waals surface area contributed by atoms with Gasteiger partial charge in [-0.3, -0.25) is 9.59 Å². The van der Waals surface area contributed by atoms with Crippen LogP contribution in [0.15, 0.2) is 0 Å². The minimum atomic E-state index is -0.525. The van der Waals surface area contributed by atoms with Gasteiger partial charge in [-0.05, 0) is 25.2 Å². The maximum atomic E-state index is 12.3. The zero-order valence-corrected chi connectivity index (χ0v) is 11.5. The lowest BCUT2D eigenvalue weighted by Gasteiger charge is -2.48. The van der Waals surface area contributed by atoms with E-state index in [0.717, 1.165) is 38.6 Å². The first kappa shape index (κ1) is 13.4. The predicted molar refractivity (Wildman–Crippen MR) is 70.0 cm³/mol. The summed E-state index contributed by atoms with van der Waals surface area (Å²) in [5.74, 6) is 0.728. The van der Waals surface area contributed by atoms with Crippen LogP contribution in [0.4, 0.5) is 0 Å². The van der Waals surface area contributed by atoms with Crippen LogP contribution in [0.2, 0.25) is 0 Å². The zero-order chi connectivity index (χ0) is 13.2. The Hall–Kier alpha value is -1.06. The minimum Gasteiger partial charge on any atom is -0.345 e. The SMILES string of the molecule is CC(C)CCN1C(=O)CNC(=O)C12CCCCC2. The lowest BCUT2D eigenvalue weighted by molar-refractivity contribution is -0.156. The van der Waals surface area contributed by atoms with Crippen LogP contribution in [0, 0.1) is 5.92 Å². The molecule has 0 bridgehead atoms. The van der Waals surface area contributed by atoms with E-state index in [1.807, 2.05) is 4.90 Å². The van der Waals surface area contributed by atoms with E-state index in [0.29, 0.717) is 5.92 Å². The number of nitrogens with zero attached hydrogens (tertiary/aromatic N) is 1. The number of amides is 2. The highest BCUT2D eigenvalue weighted by Crippen LogP contribution is 2.36. The van der Waals surface area contributed by atoms with Crippen LogP contribution < -0.4 is 5.32 Å². The van der Waals surface area contributed by atoms with Gasteiger partial charge >= 0.3 is 0 Å². The molecular weight excluding hydrogens is 228 g/mol. The molecular formula is C14H24N2O2. The summed E-state index contributed by atoms with van der Waals surface area (Å²) >= 11 is 0. The minimum absolute atomic E-state index is 0.0746. The Labute approximate surface area is 109 Å². The molecule has 2 amide bonds. The fraction of sp³-hybridized carbons (Fsp3) is 0.857. The van der Waals surface area contributed by atoms with E-state index in [-0.39, 0.29) is 18.4 Å². The molecule has 4 nitrogen and oxygen atoms in total. The van der Waals surface area contributed by atoms with E-state index in [1.165, 1.54) is 6.42 Å². The van der Waals surface area contributed by atoms with Crippen molar-refractivity contribution in [1.29, 1.82) is 0 Å². The second kappa shape index (κ2) is 5.29. The van der Waals surface area contributed by atoms with Gasteiger partial charge in [-0.2, -0.15) is 0 Å². The third kappa shape index (κ3) is 2.38. The molecule has 102 valence electrons. The van der Waals surface area contributed by atoms with Gasteiger partial charge in [0.25, 0.3) is 0 Å². The van der Waals surface area contributed by atoms with Gasteiger partial charge in [0.15, 0.2) is 0 Å². The summed E-state index contributed by atoms with van der Waals surface area (Å²) in [5, 5.41) is 2.78. The quantitative estimate of drug-likeness (QED) is 0.831. The molecule has 18 heavy (non-hydrogen) atoms. The molecule has 2 fully saturated rings. The Morgan fingerprint density at radius 1 is 1.22 bits per heavy atom. The molecule has 1 heterocycles. The van der Waals surface area contributed by atoms with E-state index in [2.05, 4.69) is 19.2 Å². The number of rotatable bonds is 3. The topological polar surface area (TPSA) is 49.4 Å². The van der Waals surface area contributed by atoms with Gasteiger partial charge in [-0.25, -0.2) is 0 Å². The van der Waals surface area contributed by atoms with Crippen molar-refractivity contribution >= 4 is 11.8 Å². The smallest absolute Gasteiger partial charge is 0.246 e. The summed E-state index contributed by atoms with van der Waals surface area (Å²) in [6.07, 6.45) is 5.94. The third-order valence-electron chi connectivity index (χ3n) is 4.25. The maximum Gasteiger partial charge on any atom is 0.246 e. The molecule has 2 rings (SSSR count). The monoisotopic (exact) mass is 252 g/mol. The van der Waals surface area contributed by atoms with E-state index in [4.69, 9.17) is 0 Å². The van der Waals surface area contributed by atoms with E-state index in [1.54, 1.807) is 0 Å². The van der Waals surface area contributed by atoms with Crippen molar-refractivity contribution in [1.82, 2.24) is 10.2 Å². The van der Waals surface area contributed by atoms with E-state index >= 15 is 0 Å². The van der Waals surface area contributed by atoms with E-state index in [9.17, 15) is 9.59 Å². The highest BCUT2D eigenvalue weighted by molar-refractivity contribution is 5.98. The molecule has 0 radical (unpaired) electrons. The highest BCUT2D eigenvalue weighted by atomic mass is 16.2. The molecule has 0 atom stereocenters. The van der Waals surface area contributed by atoms with Crippen LogP contribution in [0.5, 0.6) is 0 Å². The number of piperazine rings is 1. The third-order valence-corrected chi connectivity index (χ3v) is 4.25. The van der Waals surface area contributed by atoms with Crippen molar-refractivity contribution < 1.29 is 9.59 Å². The Balaban J connectivity index is 2.18. The van der Waals surface area contributed by atoms with Crippen LogP contribution in [-0.4, -0.2) is 35.3 Å². The normalized spacial score (nSPS) is 23.6. The van der Waals surface area contributed by atoms with Crippen LogP contribution in [0.25, 0.3) is 0 Å². The Morgan fingerprint density at radius 3 is 2.50 bits per heavy atom.